The first-order chi connectivity index (χ1) is 20.9. The summed E-state index contributed by atoms with van der Waals surface area (Å²) in [5, 5.41) is 7.18. The molecule has 0 spiro atoms. The maximum absolute atomic E-state index is 13.3. The van der Waals surface area contributed by atoms with Gasteiger partial charge in [0.1, 0.15) is 18.0 Å². The van der Waals surface area contributed by atoms with Crippen molar-refractivity contribution >= 4 is 67.6 Å². The van der Waals surface area contributed by atoms with E-state index in [2.05, 4.69) is 98.4 Å². The second kappa shape index (κ2) is 14.0. The minimum absolute atomic E-state index is 0.269. The number of benzene rings is 2. The average Bonchev–Trinajstić information content (AvgIpc) is 3.02. The van der Waals surface area contributed by atoms with E-state index in [1.165, 1.54) is 12.0 Å². The Bertz CT molecular complexity index is 1730. The molecule has 0 fully saturated rings. The fourth-order valence-electron chi connectivity index (χ4n) is 4.61. The van der Waals surface area contributed by atoms with Crippen LogP contribution in [0.5, 0.6) is 0 Å². The van der Waals surface area contributed by atoms with Gasteiger partial charge in [0.15, 0.2) is 5.65 Å². The molecular weight excluding hydrogens is 622 g/mol. The Morgan fingerprint density at radius 1 is 0.977 bits per heavy atom. The zero-order valence-corrected chi connectivity index (χ0v) is 27.0. The van der Waals surface area contributed by atoms with E-state index < -0.39 is 0 Å². The standard InChI is InChI=1S/C33H34BrN7OS/c1-5-18-41(6-2)23-10-12-24(13-11-23)43-29-16-9-22(33(42)40-32-26(34)8-7-17-35-32)19-28(29)39-31-25-14-15-27(21(3)4)38-30(25)36-20-37-31/h7-17,19-21H,5-6,18H2,1-4H3,(H,35,40,42)(H,36,37,38,39). The fourth-order valence-corrected chi connectivity index (χ4v) is 5.85. The van der Waals surface area contributed by atoms with Crippen LogP contribution in [0.3, 0.4) is 0 Å². The molecule has 0 atom stereocenters. The van der Waals surface area contributed by atoms with Crippen molar-refractivity contribution in [3.8, 4) is 0 Å². The number of fused-ring (bicyclic) bond motifs is 1. The van der Waals surface area contributed by atoms with Crippen LogP contribution < -0.4 is 15.5 Å². The van der Waals surface area contributed by atoms with Crippen LogP contribution in [0.4, 0.5) is 23.0 Å². The van der Waals surface area contributed by atoms with Gasteiger partial charge in [-0.1, -0.05) is 32.5 Å². The molecule has 8 nitrogen and oxygen atoms in total. The summed E-state index contributed by atoms with van der Waals surface area (Å²) < 4.78 is 0.707. The van der Waals surface area contributed by atoms with Crippen LogP contribution in [0, 0.1) is 0 Å². The topological polar surface area (TPSA) is 95.9 Å². The number of carbonyl (C=O) groups is 1. The molecule has 0 aliphatic heterocycles. The number of rotatable bonds is 11. The average molecular weight is 657 g/mol. The maximum atomic E-state index is 13.3. The minimum Gasteiger partial charge on any atom is -0.372 e. The number of carbonyl (C=O) groups excluding carboxylic acids is 1. The van der Waals surface area contributed by atoms with E-state index in [9.17, 15) is 4.79 Å². The van der Waals surface area contributed by atoms with E-state index in [1.807, 2.05) is 36.4 Å². The molecule has 2 N–H and O–H groups in total. The van der Waals surface area contributed by atoms with Crippen LogP contribution in [0.1, 0.15) is 56.1 Å². The number of hydrogen-bond acceptors (Lipinski definition) is 8. The number of halogens is 1. The predicted molar refractivity (Wildman–Crippen MR) is 180 cm³/mol. The predicted octanol–water partition coefficient (Wildman–Crippen LogP) is 8.69. The maximum Gasteiger partial charge on any atom is 0.256 e. The normalized spacial score (nSPS) is 11.1. The van der Waals surface area contributed by atoms with Crippen molar-refractivity contribution in [2.24, 2.45) is 0 Å². The Morgan fingerprint density at radius 3 is 2.51 bits per heavy atom. The van der Waals surface area contributed by atoms with Crippen molar-refractivity contribution in [3.63, 3.8) is 0 Å². The van der Waals surface area contributed by atoms with Crippen LogP contribution in [-0.4, -0.2) is 38.9 Å². The summed E-state index contributed by atoms with van der Waals surface area (Å²) >= 11 is 5.07. The van der Waals surface area contributed by atoms with E-state index in [1.54, 1.807) is 24.0 Å². The third kappa shape index (κ3) is 7.32. The molecule has 0 radical (unpaired) electrons. The zero-order chi connectivity index (χ0) is 30.3. The van der Waals surface area contributed by atoms with Gasteiger partial charge in [-0.15, -0.1) is 0 Å². The second-order valence-corrected chi connectivity index (χ2v) is 12.3. The molecule has 3 aromatic heterocycles. The van der Waals surface area contributed by atoms with Crippen molar-refractivity contribution in [1.29, 1.82) is 0 Å². The molecule has 43 heavy (non-hydrogen) atoms. The summed E-state index contributed by atoms with van der Waals surface area (Å²) in [6, 6.07) is 21.9. The lowest BCUT2D eigenvalue weighted by Gasteiger charge is -2.22. The highest BCUT2D eigenvalue weighted by Gasteiger charge is 2.16. The highest BCUT2D eigenvalue weighted by molar-refractivity contribution is 9.10. The molecular formula is C33H34BrN7OS. The van der Waals surface area contributed by atoms with Gasteiger partial charge in [-0.2, -0.15) is 0 Å². The first kappa shape index (κ1) is 30.4. The number of anilines is 4. The fraction of sp³-hybridized carbons (Fsp3) is 0.242. The Balaban J connectivity index is 1.49. The summed E-state index contributed by atoms with van der Waals surface area (Å²) in [6.45, 7) is 10.6. The molecule has 5 aromatic rings. The van der Waals surface area contributed by atoms with E-state index in [0.717, 1.165) is 46.1 Å². The van der Waals surface area contributed by atoms with Crippen LogP contribution in [0.15, 0.2) is 93.5 Å². The lowest BCUT2D eigenvalue weighted by Crippen LogP contribution is -2.23. The molecule has 0 saturated heterocycles. The van der Waals surface area contributed by atoms with Gasteiger partial charge in [0, 0.05) is 46.0 Å². The Hall–Kier alpha value is -4.02. The molecule has 0 saturated carbocycles. The van der Waals surface area contributed by atoms with Gasteiger partial charge in [0.2, 0.25) is 0 Å². The molecule has 0 aliphatic rings. The highest BCUT2D eigenvalue weighted by atomic mass is 79.9. The lowest BCUT2D eigenvalue weighted by molar-refractivity contribution is 0.102. The van der Waals surface area contributed by atoms with Gasteiger partial charge in [0.25, 0.3) is 5.91 Å². The molecule has 220 valence electrons. The lowest BCUT2D eigenvalue weighted by atomic mass is 10.1. The van der Waals surface area contributed by atoms with E-state index >= 15 is 0 Å². The van der Waals surface area contributed by atoms with E-state index in [0.29, 0.717) is 27.3 Å². The summed E-state index contributed by atoms with van der Waals surface area (Å²) in [5.41, 5.74) is 4.03. The van der Waals surface area contributed by atoms with E-state index in [4.69, 9.17) is 4.98 Å². The van der Waals surface area contributed by atoms with Crippen molar-refractivity contribution in [1.82, 2.24) is 19.9 Å². The monoisotopic (exact) mass is 655 g/mol. The number of hydrogen-bond donors (Lipinski definition) is 2. The van der Waals surface area contributed by atoms with Crippen LogP contribution >= 0.6 is 27.7 Å². The number of amides is 1. The summed E-state index contributed by atoms with van der Waals surface area (Å²) in [5.74, 6) is 1.09. The first-order valence-corrected chi connectivity index (χ1v) is 15.9. The second-order valence-electron chi connectivity index (χ2n) is 10.3. The highest BCUT2D eigenvalue weighted by Crippen LogP contribution is 2.37. The number of pyridine rings is 2. The minimum atomic E-state index is -0.269. The molecule has 5 rings (SSSR count). The summed E-state index contributed by atoms with van der Waals surface area (Å²) in [6.07, 6.45) is 4.25. The Labute approximate surface area is 264 Å². The van der Waals surface area contributed by atoms with Crippen molar-refractivity contribution in [2.75, 3.05) is 28.6 Å². The van der Waals surface area contributed by atoms with Crippen LogP contribution in [-0.2, 0) is 0 Å². The number of nitrogens with one attached hydrogen (secondary N) is 2. The van der Waals surface area contributed by atoms with Crippen molar-refractivity contribution in [2.45, 2.75) is 49.8 Å². The van der Waals surface area contributed by atoms with Gasteiger partial charge in [-0.05, 0) is 102 Å². The summed E-state index contributed by atoms with van der Waals surface area (Å²) in [7, 11) is 0. The van der Waals surface area contributed by atoms with Gasteiger partial charge in [0.05, 0.1) is 15.5 Å². The molecule has 0 bridgehead atoms. The number of nitrogens with zero attached hydrogens (tertiary/aromatic N) is 5. The SMILES string of the molecule is CCCN(CC)c1ccc(Sc2ccc(C(=O)Nc3ncccc3Br)cc2Nc2ncnc3nc(C(C)C)ccc23)cc1. The third-order valence-corrected chi connectivity index (χ3v) is 8.62. The zero-order valence-electron chi connectivity index (χ0n) is 24.6. The molecule has 3 heterocycles. The van der Waals surface area contributed by atoms with E-state index in [-0.39, 0.29) is 11.8 Å². The molecule has 1 amide bonds. The van der Waals surface area contributed by atoms with Gasteiger partial charge in [-0.3, -0.25) is 4.79 Å². The van der Waals surface area contributed by atoms with Crippen molar-refractivity contribution < 1.29 is 4.79 Å². The number of aromatic nitrogens is 4. The Kier molecular flexibility index (Phi) is 9.89. The largest absolute Gasteiger partial charge is 0.372 e. The van der Waals surface area contributed by atoms with Crippen LogP contribution in [0.25, 0.3) is 11.0 Å². The molecule has 0 aliphatic carbocycles. The molecule has 2 aromatic carbocycles. The van der Waals surface area contributed by atoms with Crippen molar-refractivity contribution in [3.05, 3.63) is 95.0 Å². The molecule has 0 unspecified atom stereocenters. The first-order valence-electron chi connectivity index (χ1n) is 14.3. The van der Waals surface area contributed by atoms with Crippen LogP contribution in [0.2, 0.25) is 0 Å². The van der Waals surface area contributed by atoms with Gasteiger partial charge in [-0.25, -0.2) is 19.9 Å². The smallest absolute Gasteiger partial charge is 0.256 e. The van der Waals surface area contributed by atoms with Gasteiger partial charge >= 0.3 is 0 Å². The quantitative estimate of drug-likeness (QED) is 0.146. The Morgan fingerprint density at radius 2 is 1.79 bits per heavy atom. The molecule has 10 heteroatoms. The third-order valence-electron chi connectivity index (χ3n) is 6.90. The van der Waals surface area contributed by atoms with Gasteiger partial charge < -0.3 is 15.5 Å². The summed E-state index contributed by atoms with van der Waals surface area (Å²) in [4.78, 5) is 35.7.